The number of likely N-dealkylation sites (tertiary alicyclic amines) is 1. The molecule has 1 amide bonds. The molecule has 2 atom stereocenters. The van der Waals surface area contributed by atoms with Crippen molar-refractivity contribution in [1.82, 2.24) is 10.2 Å². The Kier molecular flexibility index (Phi) is 6.63. The molecule has 1 aromatic rings. The molecule has 0 aliphatic carbocycles. The molecule has 0 spiro atoms. The summed E-state index contributed by atoms with van der Waals surface area (Å²) >= 11 is 12.3. The SMILES string of the molecule is CC(C)C(N[C@H]1CCN(C(=O)OC(C)(C)C)C1)c1cc(Cl)cc(Cl)c1. The van der Waals surface area contributed by atoms with E-state index in [0.717, 1.165) is 12.0 Å². The minimum absolute atomic E-state index is 0.125. The van der Waals surface area contributed by atoms with Gasteiger partial charge in [-0.1, -0.05) is 37.0 Å². The molecule has 140 valence electrons. The average molecular weight is 387 g/mol. The van der Waals surface area contributed by atoms with E-state index in [1.54, 1.807) is 11.0 Å². The number of hydrogen-bond donors (Lipinski definition) is 1. The lowest BCUT2D eigenvalue weighted by Gasteiger charge is -2.28. The van der Waals surface area contributed by atoms with Gasteiger partial charge in [0.05, 0.1) is 0 Å². The summed E-state index contributed by atoms with van der Waals surface area (Å²) < 4.78 is 5.46. The van der Waals surface area contributed by atoms with Gasteiger partial charge in [0.1, 0.15) is 5.60 Å². The molecule has 2 rings (SSSR count). The second-order valence-electron chi connectivity index (χ2n) is 8.00. The highest BCUT2D eigenvalue weighted by atomic mass is 35.5. The summed E-state index contributed by atoms with van der Waals surface area (Å²) in [5.74, 6) is 0.366. The van der Waals surface area contributed by atoms with Crippen LogP contribution in [-0.4, -0.2) is 35.7 Å². The highest BCUT2D eigenvalue weighted by molar-refractivity contribution is 6.34. The van der Waals surface area contributed by atoms with Gasteiger partial charge in [-0.2, -0.15) is 0 Å². The van der Waals surface area contributed by atoms with Crippen molar-refractivity contribution >= 4 is 29.3 Å². The predicted molar refractivity (Wildman–Crippen MR) is 103 cm³/mol. The first-order valence-corrected chi connectivity index (χ1v) is 9.50. The van der Waals surface area contributed by atoms with Crippen LogP contribution in [0.4, 0.5) is 4.79 Å². The third kappa shape index (κ3) is 6.05. The molecule has 0 bridgehead atoms. The molecule has 1 unspecified atom stereocenters. The number of amides is 1. The first kappa shape index (κ1) is 20.3. The molecule has 0 aromatic heterocycles. The van der Waals surface area contributed by atoms with E-state index in [4.69, 9.17) is 27.9 Å². The topological polar surface area (TPSA) is 41.6 Å². The van der Waals surface area contributed by atoms with Crippen LogP contribution >= 0.6 is 23.2 Å². The number of carbonyl (C=O) groups excluding carboxylic acids is 1. The van der Waals surface area contributed by atoms with Crippen LogP contribution in [-0.2, 0) is 4.74 Å². The highest BCUT2D eigenvalue weighted by Gasteiger charge is 2.31. The third-order valence-electron chi connectivity index (χ3n) is 4.17. The Bertz CT molecular complexity index is 594. The highest BCUT2D eigenvalue weighted by Crippen LogP contribution is 2.29. The van der Waals surface area contributed by atoms with Gasteiger partial charge in [0.15, 0.2) is 0 Å². The van der Waals surface area contributed by atoms with E-state index in [2.05, 4.69) is 19.2 Å². The predicted octanol–water partition coefficient (Wildman–Crippen LogP) is 5.29. The molecule has 1 heterocycles. The fraction of sp³-hybridized carbons (Fsp3) is 0.632. The maximum atomic E-state index is 12.2. The summed E-state index contributed by atoms with van der Waals surface area (Å²) in [5.41, 5.74) is 0.601. The lowest BCUT2D eigenvalue weighted by molar-refractivity contribution is 0.0290. The van der Waals surface area contributed by atoms with Crippen molar-refractivity contribution in [3.63, 3.8) is 0 Å². The average Bonchev–Trinajstić information content (AvgIpc) is 2.90. The van der Waals surface area contributed by atoms with Gasteiger partial charge in [-0.25, -0.2) is 4.79 Å². The first-order chi connectivity index (χ1) is 11.5. The van der Waals surface area contributed by atoms with Crippen LogP contribution in [0.3, 0.4) is 0 Å². The second-order valence-corrected chi connectivity index (χ2v) is 8.88. The molecule has 25 heavy (non-hydrogen) atoms. The summed E-state index contributed by atoms with van der Waals surface area (Å²) in [6.07, 6.45) is 0.653. The Morgan fingerprint density at radius 1 is 1.24 bits per heavy atom. The van der Waals surface area contributed by atoms with E-state index in [9.17, 15) is 4.79 Å². The molecule has 1 fully saturated rings. The van der Waals surface area contributed by atoms with E-state index in [1.165, 1.54) is 0 Å². The molecule has 6 heteroatoms. The van der Waals surface area contributed by atoms with Crippen molar-refractivity contribution in [1.29, 1.82) is 0 Å². The van der Waals surface area contributed by atoms with Crippen LogP contribution < -0.4 is 5.32 Å². The van der Waals surface area contributed by atoms with Crippen molar-refractivity contribution in [2.24, 2.45) is 5.92 Å². The number of rotatable bonds is 4. The minimum Gasteiger partial charge on any atom is -0.444 e. The maximum absolute atomic E-state index is 12.2. The van der Waals surface area contributed by atoms with E-state index >= 15 is 0 Å². The number of halogens is 2. The van der Waals surface area contributed by atoms with Crippen molar-refractivity contribution in [3.05, 3.63) is 33.8 Å². The van der Waals surface area contributed by atoms with Crippen LogP contribution in [0, 0.1) is 5.92 Å². The standard InChI is InChI=1S/C19H28Cl2N2O2/c1-12(2)17(13-8-14(20)10-15(21)9-13)22-16-6-7-23(11-16)18(24)25-19(3,4)5/h8-10,12,16-17,22H,6-7,11H2,1-5H3/t16-,17?/m0/s1. The number of nitrogens with one attached hydrogen (secondary N) is 1. The van der Waals surface area contributed by atoms with Crippen LogP contribution in [0.1, 0.15) is 52.6 Å². The zero-order valence-corrected chi connectivity index (χ0v) is 17.1. The Hall–Kier alpha value is -0.970. The number of benzene rings is 1. The van der Waals surface area contributed by atoms with Crippen LogP contribution in [0.25, 0.3) is 0 Å². The van der Waals surface area contributed by atoms with Crippen molar-refractivity contribution in [3.8, 4) is 0 Å². The summed E-state index contributed by atoms with van der Waals surface area (Å²) in [6.45, 7) is 11.3. The van der Waals surface area contributed by atoms with Gasteiger partial charge in [-0.05, 0) is 56.9 Å². The van der Waals surface area contributed by atoms with Gasteiger partial charge in [-0.3, -0.25) is 0 Å². The Labute approximate surface area is 160 Å². The van der Waals surface area contributed by atoms with Crippen molar-refractivity contribution < 1.29 is 9.53 Å². The Morgan fingerprint density at radius 3 is 2.36 bits per heavy atom. The van der Waals surface area contributed by atoms with E-state index in [0.29, 0.717) is 29.1 Å². The monoisotopic (exact) mass is 386 g/mol. The third-order valence-corrected chi connectivity index (χ3v) is 4.60. The van der Waals surface area contributed by atoms with E-state index in [1.807, 2.05) is 32.9 Å². The molecule has 1 aliphatic rings. The van der Waals surface area contributed by atoms with Gasteiger partial charge in [0, 0.05) is 35.2 Å². The molecule has 4 nitrogen and oxygen atoms in total. The summed E-state index contributed by atoms with van der Waals surface area (Å²) in [5, 5.41) is 4.94. The second kappa shape index (κ2) is 8.15. The quantitative estimate of drug-likeness (QED) is 0.763. The Morgan fingerprint density at radius 2 is 1.84 bits per heavy atom. The normalized spacial score (nSPS) is 19.4. The maximum Gasteiger partial charge on any atom is 0.410 e. The molecular weight excluding hydrogens is 359 g/mol. The fourth-order valence-electron chi connectivity index (χ4n) is 3.07. The molecule has 1 saturated heterocycles. The fourth-order valence-corrected chi connectivity index (χ4v) is 3.61. The number of carbonyl (C=O) groups is 1. The lowest BCUT2D eigenvalue weighted by Crippen LogP contribution is -2.40. The molecule has 0 radical (unpaired) electrons. The van der Waals surface area contributed by atoms with Gasteiger partial charge in [-0.15, -0.1) is 0 Å². The summed E-state index contributed by atoms with van der Waals surface area (Å²) in [6, 6.07) is 5.98. The molecular formula is C19H28Cl2N2O2. The van der Waals surface area contributed by atoms with Gasteiger partial charge < -0.3 is 15.0 Å². The molecule has 1 aromatic carbocycles. The number of hydrogen-bond acceptors (Lipinski definition) is 3. The van der Waals surface area contributed by atoms with Crippen molar-refractivity contribution in [2.75, 3.05) is 13.1 Å². The smallest absolute Gasteiger partial charge is 0.410 e. The Balaban J connectivity index is 2.03. The molecule has 0 saturated carbocycles. The summed E-state index contributed by atoms with van der Waals surface area (Å²) in [7, 11) is 0. The number of nitrogens with zero attached hydrogens (tertiary/aromatic N) is 1. The lowest BCUT2D eigenvalue weighted by atomic mass is 9.95. The summed E-state index contributed by atoms with van der Waals surface area (Å²) in [4.78, 5) is 14.0. The number of ether oxygens (including phenoxy) is 1. The van der Waals surface area contributed by atoms with Crippen LogP contribution in [0.2, 0.25) is 10.0 Å². The van der Waals surface area contributed by atoms with Gasteiger partial charge in [0.2, 0.25) is 0 Å². The minimum atomic E-state index is -0.472. The van der Waals surface area contributed by atoms with Crippen molar-refractivity contribution in [2.45, 2.75) is 58.7 Å². The van der Waals surface area contributed by atoms with E-state index < -0.39 is 5.60 Å². The van der Waals surface area contributed by atoms with Gasteiger partial charge >= 0.3 is 6.09 Å². The molecule has 1 N–H and O–H groups in total. The largest absolute Gasteiger partial charge is 0.444 e. The van der Waals surface area contributed by atoms with Crippen LogP contribution in [0.5, 0.6) is 0 Å². The van der Waals surface area contributed by atoms with Crippen LogP contribution in [0.15, 0.2) is 18.2 Å². The van der Waals surface area contributed by atoms with E-state index in [-0.39, 0.29) is 18.2 Å². The zero-order chi connectivity index (χ0) is 18.8. The van der Waals surface area contributed by atoms with Gasteiger partial charge in [0.25, 0.3) is 0 Å². The molecule has 1 aliphatic heterocycles. The first-order valence-electron chi connectivity index (χ1n) is 8.75. The zero-order valence-electron chi connectivity index (χ0n) is 15.6.